The van der Waals surface area contributed by atoms with Crippen molar-refractivity contribution in [3.05, 3.63) is 29.8 Å². The smallest absolute Gasteiger partial charge is 0.304 e. The first kappa shape index (κ1) is 16.0. The number of nitriles is 1. The molecule has 3 atom stereocenters. The van der Waals surface area contributed by atoms with Gasteiger partial charge in [0.15, 0.2) is 5.78 Å². The van der Waals surface area contributed by atoms with Gasteiger partial charge in [0.25, 0.3) is 0 Å². The van der Waals surface area contributed by atoms with Crippen LogP contribution in [0.1, 0.15) is 37.7 Å². The number of ketones is 1. The summed E-state index contributed by atoms with van der Waals surface area (Å²) in [5, 5.41) is 18.4. The molecule has 0 unspecified atom stereocenters. The van der Waals surface area contributed by atoms with Gasteiger partial charge < -0.3 is 9.84 Å². The third-order valence-corrected chi connectivity index (χ3v) is 4.51. The number of hydrogen-bond acceptors (Lipinski definition) is 4. The molecule has 1 N–H and O–H groups in total. The predicted molar refractivity (Wildman–Crippen MR) is 79.4 cm³/mol. The van der Waals surface area contributed by atoms with Crippen molar-refractivity contribution >= 4 is 11.8 Å². The number of nitrogens with zero attached hydrogens (tertiary/aromatic N) is 1. The van der Waals surface area contributed by atoms with Gasteiger partial charge >= 0.3 is 5.97 Å². The van der Waals surface area contributed by atoms with E-state index >= 15 is 0 Å². The maximum Gasteiger partial charge on any atom is 0.304 e. The maximum absolute atomic E-state index is 12.6. The first-order valence-corrected chi connectivity index (χ1v) is 7.22. The molecule has 0 aliphatic heterocycles. The number of methoxy groups -OCH3 is 1. The summed E-state index contributed by atoms with van der Waals surface area (Å²) >= 11 is 0. The average molecular weight is 301 g/mol. The molecule has 0 aromatic heterocycles. The summed E-state index contributed by atoms with van der Waals surface area (Å²) in [5.41, 5.74) is -0.163. The maximum atomic E-state index is 12.6. The summed E-state index contributed by atoms with van der Waals surface area (Å²) in [6.07, 6.45) is 0.835. The van der Waals surface area contributed by atoms with Crippen molar-refractivity contribution in [1.82, 2.24) is 0 Å². The second kappa shape index (κ2) is 6.18. The Labute approximate surface area is 129 Å². The Kier molecular flexibility index (Phi) is 4.51. The Morgan fingerprint density at radius 2 is 2.09 bits per heavy atom. The van der Waals surface area contributed by atoms with Crippen LogP contribution < -0.4 is 4.74 Å². The number of carboxylic acid groups (broad SMARTS) is 1. The van der Waals surface area contributed by atoms with Gasteiger partial charge in [-0.05, 0) is 43.4 Å². The molecule has 1 aliphatic rings. The Hall–Kier alpha value is -2.35. The van der Waals surface area contributed by atoms with Gasteiger partial charge in [0.2, 0.25) is 0 Å². The molecule has 5 nitrogen and oxygen atoms in total. The van der Waals surface area contributed by atoms with Crippen LogP contribution in [0.25, 0.3) is 0 Å². The Morgan fingerprint density at radius 1 is 1.45 bits per heavy atom. The highest BCUT2D eigenvalue weighted by atomic mass is 16.5. The Morgan fingerprint density at radius 3 is 2.59 bits per heavy atom. The van der Waals surface area contributed by atoms with Crippen molar-refractivity contribution < 1.29 is 19.4 Å². The summed E-state index contributed by atoms with van der Waals surface area (Å²) in [6, 6.07) is 9.39. The highest BCUT2D eigenvalue weighted by molar-refractivity contribution is 5.93. The van der Waals surface area contributed by atoms with Crippen LogP contribution in [0.15, 0.2) is 24.3 Å². The fraction of sp³-hybridized carbons (Fsp3) is 0.471. The van der Waals surface area contributed by atoms with E-state index in [1.807, 2.05) is 12.1 Å². The minimum atomic E-state index is -1.08. The van der Waals surface area contributed by atoms with Crippen LogP contribution in [0, 0.1) is 22.7 Å². The molecule has 5 heteroatoms. The van der Waals surface area contributed by atoms with Crippen molar-refractivity contribution in [2.24, 2.45) is 11.3 Å². The van der Waals surface area contributed by atoms with Crippen LogP contribution in [0.2, 0.25) is 0 Å². The van der Waals surface area contributed by atoms with Gasteiger partial charge in [0, 0.05) is 5.92 Å². The topological polar surface area (TPSA) is 87.4 Å². The third kappa shape index (κ3) is 2.96. The number of carboxylic acids is 1. The molecule has 0 bridgehead atoms. The predicted octanol–water partition coefficient (Wildman–Crippen LogP) is 2.76. The lowest BCUT2D eigenvalue weighted by Gasteiger charge is -2.37. The summed E-state index contributed by atoms with van der Waals surface area (Å²) in [4.78, 5) is 23.7. The molecule has 0 spiro atoms. The standard InChI is InChI=1S/C17H19NO4/c1-17(10-18)8-7-13(14(16(17)21)9-15(19)20)11-3-5-12(22-2)6-4-11/h3-6,13-14H,7-9H2,1-2H3,(H,19,20)/t13-,14+,17+/m1/s1. The lowest BCUT2D eigenvalue weighted by molar-refractivity contribution is -0.144. The third-order valence-electron chi connectivity index (χ3n) is 4.51. The molecule has 1 aliphatic carbocycles. The molecule has 1 fully saturated rings. The average Bonchev–Trinajstić information content (AvgIpc) is 2.52. The van der Waals surface area contributed by atoms with E-state index in [1.54, 1.807) is 26.2 Å². The van der Waals surface area contributed by atoms with Crippen molar-refractivity contribution in [3.8, 4) is 11.8 Å². The molecule has 0 amide bonds. The normalized spacial score (nSPS) is 28.0. The molecule has 0 heterocycles. The van der Waals surface area contributed by atoms with Crippen LogP contribution in [-0.2, 0) is 9.59 Å². The van der Waals surface area contributed by atoms with Crippen LogP contribution in [0.3, 0.4) is 0 Å². The second-order valence-corrected chi connectivity index (χ2v) is 5.93. The van der Waals surface area contributed by atoms with Gasteiger partial charge in [-0.25, -0.2) is 0 Å². The van der Waals surface area contributed by atoms with Crippen LogP contribution in [0.5, 0.6) is 5.75 Å². The SMILES string of the molecule is COc1ccc([C@H]2CC[C@@](C)(C#N)C(=O)[C@H]2CC(=O)O)cc1. The van der Waals surface area contributed by atoms with E-state index in [0.717, 1.165) is 5.56 Å². The largest absolute Gasteiger partial charge is 0.497 e. The van der Waals surface area contributed by atoms with Gasteiger partial charge in [0.1, 0.15) is 11.2 Å². The lowest BCUT2D eigenvalue weighted by atomic mass is 9.63. The minimum absolute atomic E-state index is 0.170. The van der Waals surface area contributed by atoms with Gasteiger partial charge in [-0.3, -0.25) is 9.59 Å². The van der Waals surface area contributed by atoms with Crippen LogP contribution in [0.4, 0.5) is 0 Å². The van der Waals surface area contributed by atoms with Crippen molar-refractivity contribution in [2.45, 2.75) is 32.1 Å². The Bertz CT molecular complexity index is 617. The minimum Gasteiger partial charge on any atom is -0.497 e. The second-order valence-electron chi connectivity index (χ2n) is 5.93. The molecular weight excluding hydrogens is 282 g/mol. The van der Waals surface area contributed by atoms with Crippen molar-refractivity contribution in [1.29, 1.82) is 5.26 Å². The molecule has 22 heavy (non-hydrogen) atoms. The molecule has 1 aromatic carbocycles. The van der Waals surface area contributed by atoms with E-state index in [4.69, 9.17) is 9.84 Å². The van der Waals surface area contributed by atoms with Gasteiger partial charge in [-0.1, -0.05) is 12.1 Å². The van der Waals surface area contributed by atoms with Crippen molar-refractivity contribution in [2.75, 3.05) is 7.11 Å². The summed E-state index contributed by atoms with van der Waals surface area (Å²) in [7, 11) is 1.57. The van der Waals surface area contributed by atoms with E-state index in [2.05, 4.69) is 6.07 Å². The summed E-state index contributed by atoms with van der Waals surface area (Å²) < 4.78 is 5.12. The number of rotatable bonds is 4. The van der Waals surface area contributed by atoms with Crippen molar-refractivity contribution in [3.63, 3.8) is 0 Å². The first-order valence-electron chi connectivity index (χ1n) is 7.22. The molecule has 0 saturated heterocycles. The monoisotopic (exact) mass is 301 g/mol. The summed E-state index contributed by atoms with van der Waals surface area (Å²) in [6.45, 7) is 1.61. The molecule has 2 rings (SSSR count). The number of carbonyl (C=O) groups is 2. The van der Waals surface area contributed by atoms with E-state index in [1.165, 1.54) is 0 Å². The van der Waals surface area contributed by atoms with E-state index < -0.39 is 17.3 Å². The highest BCUT2D eigenvalue weighted by Crippen LogP contribution is 2.45. The summed E-state index contributed by atoms with van der Waals surface area (Å²) in [5.74, 6) is -1.40. The molecule has 116 valence electrons. The van der Waals surface area contributed by atoms with E-state index in [9.17, 15) is 14.9 Å². The fourth-order valence-corrected chi connectivity index (χ4v) is 3.14. The molecule has 0 radical (unpaired) electrons. The highest BCUT2D eigenvalue weighted by Gasteiger charge is 2.47. The van der Waals surface area contributed by atoms with E-state index in [0.29, 0.717) is 18.6 Å². The number of hydrogen-bond donors (Lipinski definition) is 1. The molecule has 1 saturated carbocycles. The zero-order chi connectivity index (χ0) is 16.3. The number of Topliss-reactive ketones (excluding diaryl/α,β-unsaturated/α-hetero) is 1. The lowest BCUT2D eigenvalue weighted by Crippen LogP contribution is -2.41. The quantitative estimate of drug-likeness (QED) is 0.924. The van der Waals surface area contributed by atoms with Crippen LogP contribution in [-0.4, -0.2) is 24.0 Å². The number of benzene rings is 1. The number of carbonyl (C=O) groups excluding carboxylic acids is 1. The van der Waals surface area contributed by atoms with E-state index in [-0.39, 0.29) is 18.1 Å². The zero-order valence-electron chi connectivity index (χ0n) is 12.7. The Balaban J connectivity index is 2.34. The zero-order valence-corrected chi connectivity index (χ0v) is 12.7. The van der Waals surface area contributed by atoms with Gasteiger partial charge in [0.05, 0.1) is 19.6 Å². The first-order chi connectivity index (χ1) is 10.4. The van der Waals surface area contributed by atoms with Gasteiger partial charge in [-0.2, -0.15) is 5.26 Å². The van der Waals surface area contributed by atoms with Gasteiger partial charge in [-0.15, -0.1) is 0 Å². The number of ether oxygens (including phenoxy) is 1. The number of aliphatic carboxylic acids is 1. The molecular formula is C17H19NO4. The molecule has 1 aromatic rings. The van der Waals surface area contributed by atoms with Crippen LogP contribution >= 0.6 is 0 Å². The fourth-order valence-electron chi connectivity index (χ4n) is 3.14.